The number of rotatable bonds is 40. The summed E-state index contributed by atoms with van der Waals surface area (Å²) >= 11 is 0. The number of unbranched alkanes of at least 4 members (excludes halogenated alkanes) is 1. The lowest BCUT2D eigenvalue weighted by Crippen LogP contribution is -2.15. The van der Waals surface area contributed by atoms with Crippen molar-refractivity contribution in [3.63, 3.8) is 0 Å². The van der Waals surface area contributed by atoms with E-state index in [9.17, 15) is 0 Å². The second-order valence-corrected chi connectivity index (χ2v) is 8.74. The first kappa shape index (κ1) is 42.1. The van der Waals surface area contributed by atoms with Crippen molar-refractivity contribution in [1.82, 2.24) is 0 Å². The van der Waals surface area contributed by atoms with Crippen molar-refractivity contribution in [3.05, 3.63) is 12.8 Å². The van der Waals surface area contributed by atoms with Gasteiger partial charge in [-0.25, -0.2) is 0 Å². The minimum absolute atomic E-state index is 0.503. The average Bonchev–Trinajstić information content (AvgIpc) is 3.02. The summed E-state index contributed by atoms with van der Waals surface area (Å²) in [6.45, 7) is 19.2. The largest absolute Gasteiger partial charge is 0.499 e. The van der Waals surface area contributed by atoms with Gasteiger partial charge in [0.15, 0.2) is 0 Å². The Labute approximate surface area is 259 Å². The van der Waals surface area contributed by atoms with E-state index in [1.54, 1.807) is 0 Å². The van der Waals surface area contributed by atoms with E-state index in [2.05, 4.69) is 13.5 Å². The van der Waals surface area contributed by atoms with Crippen LogP contribution in [0.5, 0.6) is 0 Å². The van der Waals surface area contributed by atoms with Crippen LogP contribution in [-0.4, -0.2) is 165 Å². The van der Waals surface area contributed by atoms with Crippen molar-refractivity contribution in [2.45, 2.75) is 19.8 Å². The van der Waals surface area contributed by atoms with E-state index in [1.165, 1.54) is 6.26 Å². The molecular weight excluding hydrogens is 568 g/mol. The molecule has 0 atom stereocenters. The second kappa shape index (κ2) is 41.1. The first-order chi connectivity index (χ1) is 21.4. The predicted octanol–water partition coefficient (Wildman–Crippen LogP) is 2.15. The van der Waals surface area contributed by atoms with Gasteiger partial charge < -0.3 is 61.6 Å². The van der Waals surface area contributed by atoms with E-state index in [4.69, 9.17) is 61.6 Å². The van der Waals surface area contributed by atoms with Gasteiger partial charge in [0.25, 0.3) is 0 Å². The Balaban J connectivity index is 3.03. The van der Waals surface area contributed by atoms with Gasteiger partial charge in [-0.05, 0) is 6.42 Å². The lowest BCUT2D eigenvalue weighted by atomic mass is 10.4. The summed E-state index contributed by atoms with van der Waals surface area (Å²) in [6.07, 6.45) is 3.64. The van der Waals surface area contributed by atoms with Gasteiger partial charge in [0.2, 0.25) is 0 Å². The van der Waals surface area contributed by atoms with Crippen molar-refractivity contribution >= 4 is 0 Å². The molecule has 0 spiro atoms. The van der Waals surface area contributed by atoms with Gasteiger partial charge in [-0.3, -0.25) is 0 Å². The Hall–Kier alpha value is -0.940. The zero-order chi connectivity index (χ0) is 31.0. The molecule has 0 saturated heterocycles. The van der Waals surface area contributed by atoms with Gasteiger partial charge in [-0.2, -0.15) is 0 Å². The quantitative estimate of drug-likeness (QED) is 0.0729. The molecule has 0 fully saturated rings. The molecule has 43 heavy (non-hydrogen) atoms. The summed E-state index contributed by atoms with van der Waals surface area (Å²) in [7, 11) is 0. The highest BCUT2D eigenvalue weighted by Crippen LogP contribution is 1.89. The zero-order valence-electron chi connectivity index (χ0n) is 26.7. The summed E-state index contributed by atoms with van der Waals surface area (Å²) in [4.78, 5) is 0. The number of hydrogen-bond donors (Lipinski definition) is 0. The van der Waals surface area contributed by atoms with Crippen LogP contribution in [-0.2, 0) is 61.6 Å². The first-order valence-electron chi connectivity index (χ1n) is 15.6. The van der Waals surface area contributed by atoms with Gasteiger partial charge in [0.1, 0.15) is 6.61 Å². The molecule has 13 heteroatoms. The fourth-order valence-corrected chi connectivity index (χ4v) is 2.96. The average molecular weight is 629 g/mol. The van der Waals surface area contributed by atoms with Crippen LogP contribution >= 0.6 is 0 Å². The molecule has 0 amide bonds. The maximum Gasteiger partial charge on any atom is 0.111 e. The lowest BCUT2D eigenvalue weighted by Gasteiger charge is -2.09. The molecular formula is C30H60O13. The highest BCUT2D eigenvalue weighted by atomic mass is 16.6. The summed E-state index contributed by atoms with van der Waals surface area (Å²) in [5, 5.41) is 0. The Morgan fingerprint density at radius 3 is 0.674 bits per heavy atom. The Kier molecular flexibility index (Phi) is 40.2. The molecule has 0 saturated carbocycles. The van der Waals surface area contributed by atoms with Gasteiger partial charge in [0.05, 0.1) is 158 Å². The third-order valence-electron chi connectivity index (χ3n) is 5.20. The van der Waals surface area contributed by atoms with Gasteiger partial charge in [-0.15, -0.1) is 0 Å². The maximum atomic E-state index is 5.48. The molecule has 0 aliphatic carbocycles. The zero-order valence-corrected chi connectivity index (χ0v) is 26.7. The van der Waals surface area contributed by atoms with Crippen LogP contribution in [0.25, 0.3) is 0 Å². The fraction of sp³-hybridized carbons (Fsp3) is 0.933. The van der Waals surface area contributed by atoms with Crippen molar-refractivity contribution in [1.29, 1.82) is 0 Å². The molecule has 0 rings (SSSR count). The van der Waals surface area contributed by atoms with Crippen molar-refractivity contribution in [2.75, 3.05) is 165 Å². The van der Waals surface area contributed by atoms with Crippen LogP contribution in [0.15, 0.2) is 12.8 Å². The summed E-state index contributed by atoms with van der Waals surface area (Å²) in [5.41, 5.74) is 0. The van der Waals surface area contributed by atoms with Crippen LogP contribution in [0.4, 0.5) is 0 Å². The summed E-state index contributed by atoms with van der Waals surface area (Å²) in [5.74, 6) is 0. The summed E-state index contributed by atoms with van der Waals surface area (Å²) in [6, 6.07) is 0. The molecule has 258 valence electrons. The van der Waals surface area contributed by atoms with E-state index < -0.39 is 0 Å². The van der Waals surface area contributed by atoms with E-state index in [1.807, 2.05) is 0 Å². The van der Waals surface area contributed by atoms with Crippen molar-refractivity contribution in [2.24, 2.45) is 0 Å². The van der Waals surface area contributed by atoms with Gasteiger partial charge >= 0.3 is 0 Å². The standard InChI is InChI=1S/C30H60O13/c1-3-5-6-32-9-10-34-13-14-36-17-18-38-21-22-40-25-26-42-29-30-43-28-27-41-24-23-39-20-19-37-16-15-35-12-11-33-8-7-31-4-2/h4H,2-3,5-30H2,1H3. The highest BCUT2D eigenvalue weighted by Gasteiger charge is 1.96. The SMILES string of the molecule is C=COCCOCCOCCOCCOCCOCCOCCOCCOCCOCCOCCOCCOCCCC. The molecule has 0 bridgehead atoms. The smallest absolute Gasteiger partial charge is 0.111 e. The van der Waals surface area contributed by atoms with Crippen molar-refractivity contribution in [3.8, 4) is 0 Å². The minimum atomic E-state index is 0.503. The first-order valence-corrected chi connectivity index (χ1v) is 15.6. The van der Waals surface area contributed by atoms with E-state index in [0.717, 1.165) is 19.4 Å². The molecule has 13 nitrogen and oxygen atoms in total. The Morgan fingerprint density at radius 1 is 0.302 bits per heavy atom. The van der Waals surface area contributed by atoms with Crippen LogP contribution in [0.3, 0.4) is 0 Å². The normalized spacial score (nSPS) is 11.4. The fourth-order valence-electron chi connectivity index (χ4n) is 2.96. The monoisotopic (exact) mass is 628 g/mol. The van der Waals surface area contributed by atoms with Crippen LogP contribution in [0.2, 0.25) is 0 Å². The minimum Gasteiger partial charge on any atom is -0.499 e. The highest BCUT2D eigenvalue weighted by molar-refractivity contribution is 4.47. The second-order valence-electron chi connectivity index (χ2n) is 8.74. The van der Waals surface area contributed by atoms with Crippen LogP contribution in [0.1, 0.15) is 19.8 Å². The molecule has 0 aromatic heterocycles. The van der Waals surface area contributed by atoms with E-state index in [0.29, 0.717) is 159 Å². The van der Waals surface area contributed by atoms with Crippen molar-refractivity contribution < 1.29 is 61.6 Å². The van der Waals surface area contributed by atoms with E-state index >= 15 is 0 Å². The number of ether oxygens (including phenoxy) is 13. The number of hydrogen-bond acceptors (Lipinski definition) is 13. The van der Waals surface area contributed by atoms with Crippen LogP contribution < -0.4 is 0 Å². The van der Waals surface area contributed by atoms with Crippen LogP contribution in [0, 0.1) is 0 Å². The Morgan fingerprint density at radius 2 is 0.488 bits per heavy atom. The van der Waals surface area contributed by atoms with Gasteiger partial charge in [0, 0.05) is 6.61 Å². The molecule has 0 aliphatic heterocycles. The molecule has 0 aromatic rings. The predicted molar refractivity (Wildman–Crippen MR) is 161 cm³/mol. The maximum absolute atomic E-state index is 5.48. The topological polar surface area (TPSA) is 120 Å². The molecule has 0 radical (unpaired) electrons. The third-order valence-corrected chi connectivity index (χ3v) is 5.20. The van der Waals surface area contributed by atoms with E-state index in [-0.39, 0.29) is 0 Å². The third kappa shape index (κ3) is 41.1. The lowest BCUT2D eigenvalue weighted by molar-refractivity contribution is -0.0286. The van der Waals surface area contributed by atoms with Gasteiger partial charge in [-0.1, -0.05) is 19.9 Å². The molecule has 0 heterocycles. The molecule has 0 aromatic carbocycles. The molecule has 0 N–H and O–H groups in total. The Bertz CT molecular complexity index is 503. The summed E-state index contributed by atoms with van der Waals surface area (Å²) < 4.78 is 70.2. The molecule has 0 aliphatic rings. The molecule has 0 unspecified atom stereocenters.